The number of hydrogen-bond donors (Lipinski definition) is 1. The Morgan fingerprint density at radius 1 is 1.00 bits per heavy atom. The Hall–Kier alpha value is -1.20. The summed E-state index contributed by atoms with van der Waals surface area (Å²) in [5.74, 6) is 0.152. The standard InChI is InChI=1S/C13H7Cl3N2OS/c14-6-2-1-3-7(15)9(6)10-11(18-19-13(10)17)12-8(16)4-5-20-12/h1-5H,17H2. The molecule has 3 rings (SSSR count). The van der Waals surface area contributed by atoms with Gasteiger partial charge >= 0.3 is 0 Å². The third-order valence-corrected chi connectivity index (χ3v) is 4.74. The van der Waals surface area contributed by atoms with E-state index < -0.39 is 0 Å². The van der Waals surface area contributed by atoms with Gasteiger partial charge in [0.1, 0.15) is 5.69 Å². The Morgan fingerprint density at radius 2 is 1.70 bits per heavy atom. The van der Waals surface area contributed by atoms with Gasteiger partial charge in [0.05, 0.1) is 25.5 Å². The quantitative estimate of drug-likeness (QED) is 0.656. The molecule has 0 saturated carbocycles. The second kappa shape index (κ2) is 5.30. The van der Waals surface area contributed by atoms with Crippen LogP contribution in [0.15, 0.2) is 34.2 Å². The van der Waals surface area contributed by atoms with Crippen molar-refractivity contribution in [2.45, 2.75) is 0 Å². The summed E-state index contributed by atoms with van der Waals surface area (Å²) in [6, 6.07) is 7.00. The van der Waals surface area contributed by atoms with E-state index in [0.717, 1.165) is 4.88 Å². The monoisotopic (exact) mass is 344 g/mol. The Labute approximate surface area is 133 Å². The van der Waals surface area contributed by atoms with Gasteiger partial charge in [-0.15, -0.1) is 11.3 Å². The molecule has 2 aromatic heterocycles. The van der Waals surface area contributed by atoms with Gasteiger partial charge in [-0.25, -0.2) is 0 Å². The number of nitrogens with two attached hydrogens (primary N) is 1. The molecular formula is C13H7Cl3N2OS. The molecule has 3 nitrogen and oxygen atoms in total. The van der Waals surface area contributed by atoms with E-state index in [1.807, 2.05) is 5.38 Å². The first-order valence-corrected chi connectivity index (χ1v) is 7.54. The number of benzene rings is 1. The zero-order chi connectivity index (χ0) is 14.3. The number of aromatic nitrogens is 1. The van der Waals surface area contributed by atoms with Crippen LogP contribution in [0.25, 0.3) is 21.7 Å². The average Bonchev–Trinajstić information content (AvgIpc) is 2.97. The second-order valence-corrected chi connectivity index (χ2v) is 6.10. The van der Waals surface area contributed by atoms with E-state index in [2.05, 4.69) is 5.16 Å². The Morgan fingerprint density at radius 3 is 2.30 bits per heavy atom. The van der Waals surface area contributed by atoms with E-state index in [-0.39, 0.29) is 5.88 Å². The Bertz CT molecular complexity index is 762. The maximum absolute atomic E-state index is 6.23. The topological polar surface area (TPSA) is 52.0 Å². The highest BCUT2D eigenvalue weighted by Gasteiger charge is 2.23. The van der Waals surface area contributed by atoms with Gasteiger partial charge in [-0.1, -0.05) is 46.0 Å². The summed E-state index contributed by atoms with van der Waals surface area (Å²) in [5.41, 5.74) is 7.57. The molecule has 1 aromatic carbocycles. The average molecular weight is 346 g/mol. The molecule has 0 unspecified atom stereocenters. The molecule has 20 heavy (non-hydrogen) atoms. The number of nitrogens with zero attached hydrogens (tertiary/aromatic N) is 1. The van der Waals surface area contributed by atoms with E-state index in [4.69, 9.17) is 45.1 Å². The molecule has 0 amide bonds. The number of rotatable bonds is 2. The molecule has 102 valence electrons. The van der Waals surface area contributed by atoms with E-state index in [9.17, 15) is 0 Å². The van der Waals surface area contributed by atoms with Gasteiger partial charge in [0.2, 0.25) is 5.88 Å². The molecule has 2 N–H and O–H groups in total. The van der Waals surface area contributed by atoms with Crippen LogP contribution in [0.1, 0.15) is 0 Å². The van der Waals surface area contributed by atoms with E-state index in [1.54, 1.807) is 24.3 Å². The smallest absolute Gasteiger partial charge is 0.230 e. The molecular weight excluding hydrogens is 339 g/mol. The lowest BCUT2D eigenvalue weighted by molar-refractivity contribution is 0.439. The van der Waals surface area contributed by atoms with Crippen LogP contribution < -0.4 is 5.73 Å². The molecule has 0 fully saturated rings. The minimum absolute atomic E-state index is 0.152. The van der Waals surface area contributed by atoms with Gasteiger partial charge in [-0.2, -0.15) is 0 Å². The zero-order valence-corrected chi connectivity index (χ0v) is 12.9. The predicted molar refractivity (Wildman–Crippen MR) is 84.7 cm³/mol. The fraction of sp³-hybridized carbons (Fsp3) is 0. The van der Waals surface area contributed by atoms with E-state index in [1.165, 1.54) is 11.3 Å². The lowest BCUT2D eigenvalue weighted by Gasteiger charge is -2.06. The minimum atomic E-state index is 0.152. The first-order chi connectivity index (χ1) is 9.59. The lowest BCUT2D eigenvalue weighted by atomic mass is 10.0. The van der Waals surface area contributed by atoms with Crippen molar-refractivity contribution in [3.8, 4) is 21.7 Å². The van der Waals surface area contributed by atoms with Gasteiger partial charge in [0.15, 0.2) is 0 Å². The summed E-state index contributed by atoms with van der Waals surface area (Å²) in [4.78, 5) is 0.762. The summed E-state index contributed by atoms with van der Waals surface area (Å²) >= 11 is 20.0. The number of anilines is 1. The van der Waals surface area contributed by atoms with Crippen LogP contribution in [0.5, 0.6) is 0 Å². The molecule has 3 aromatic rings. The first kappa shape index (κ1) is 13.8. The molecule has 0 saturated heterocycles. The van der Waals surface area contributed by atoms with Crippen molar-refractivity contribution in [1.82, 2.24) is 5.16 Å². The van der Waals surface area contributed by atoms with Crippen LogP contribution in [0.3, 0.4) is 0 Å². The number of thiophene rings is 1. The van der Waals surface area contributed by atoms with Crippen molar-refractivity contribution < 1.29 is 4.52 Å². The molecule has 0 spiro atoms. The number of nitrogen functional groups attached to an aromatic ring is 1. The molecule has 7 heteroatoms. The van der Waals surface area contributed by atoms with Crippen molar-refractivity contribution in [2.75, 3.05) is 5.73 Å². The summed E-state index contributed by atoms with van der Waals surface area (Å²) in [5, 5.41) is 7.37. The maximum Gasteiger partial charge on any atom is 0.230 e. The molecule has 0 radical (unpaired) electrons. The van der Waals surface area contributed by atoms with Crippen LogP contribution in [0.2, 0.25) is 15.1 Å². The number of halogens is 3. The van der Waals surface area contributed by atoms with Gasteiger partial charge in [0.25, 0.3) is 0 Å². The highest BCUT2D eigenvalue weighted by molar-refractivity contribution is 7.14. The second-order valence-electron chi connectivity index (χ2n) is 3.96. The summed E-state index contributed by atoms with van der Waals surface area (Å²) in [7, 11) is 0. The summed E-state index contributed by atoms with van der Waals surface area (Å²) in [6.07, 6.45) is 0. The fourth-order valence-electron chi connectivity index (χ4n) is 1.90. The van der Waals surface area contributed by atoms with Crippen LogP contribution >= 0.6 is 46.1 Å². The van der Waals surface area contributed by atoms with E-state index >= 15 is 0 Å². The molecule has 0 aliphatic carbocycles. The van der Waals surface area contributed by atoms with Crippen molar-refractivity contribution in [2.24, 2.45) is 0 Å². The van der Waals surface area contributed by atoms with Gasteiger partial charge in [0, 0.05) is 5.56 Å². The third-order valence-electron chi connectivity index (χ3n) is 2.76. The highest BCUT2D eigenvalue weighted by atomic mass is 35.5. The lowest BCUT2D eigenvalue weighted by Crippen LogP contribution is -1.89. The fourth-order valence-corrected chi connectivity index (χ4v) is 3.62. The van der Waals surface area contributed by atoms with Crippen LogP contribution in [-0.4, -0.2) is 5.16 Å². The SMILES string of the molecule is Nc1onc(-c2sccc2Cl)c1-c1c(Cl)cccc1Cl. The van der Waals surface area contributed by atoms with Gasteiger partial charge in [-0.3, -0.25) is 0 Å². The Balaban J connectivity index is 2.31. The molecule has 0 atom stereocenters. The summed E-state index contributed by atoms with van der Waals surface area (Å²) < 4.78 is 5.10. The van der Waals surface area contributed by atoms with Crippen molar-refractivity contribution in [3.05, 3.63) is 44.7 Å². The maximum atomic E-state index is 6.23. The van der Waals surface area contributed by atoms with Gasteiger partial charge < -0.3 is 10.3 Å². The zero-order valence-electron chi connectivity index (χ0n) is 9.86. The minimum Gasteiger partial charge on any atom is -0.367 e. The number of hydrogen-bond acceptors (Lipinski definition) is 4. The van der Waals surface area contributed by atoms with Crippen molar-refractivity contribution in [3.63, 3.8) is 0 Å². The normalized spacial score (nSPS) is 10.9. The Kier molecular flexibility index (Phi) is 3.65. The van der Waals surface area contributed by atoms with Crippen molar-refractivity contribution in [1.29, 1.82) is 0 Å². The summed E-state index contributed by atoms with van der Waals surface area (Å²) in [6.45, 7) is 0. The van der Waals surface area contributed by atoms with Crippen molar-refractivity contribution >= 4 is 52.0 Å². The first-order valence-electron chi connectivity index (χ1n) is 5.52. The molecule has 0 aliphatic heterocycles. The molecule has 0 aliphatic rings. The molecule has 2 heterocycles. The van der Waals surface area contributed by atoms with Crippen LogP contribution in [0.4, 0.5) is 5.88 Å². The third kappa shape index (κ3) is 2.19. The van der Waals surface area contributed by atoms with Crippen LogP contribution in [-0.2, 0) is 0 Å². The largest absolute Gasteiger partial charge is 0.367 e. The highest BCUT2D eigenvalue weighted by Crippen LogP contribution is 2.45. The predicted octanol–water partition coefficient (Wildman–Crippen LogP) is 5.61. The van der Waals surface area contributed by atoms with E-state index in [0.29, 0.717) is 31.9 Å². The van der Waals surface area contributed by atoms with Gasteiger partial charge in [-0.05, 0) is 23.6 Å². The van der Waals surface area contributed by atoms with Crippen LogP contribution in [0, 0.1) is 0 Å². The molecule has 0 bridgehead atoms.